The number of nitrogens with two attached hydrogens (primary N) is 1. The quantitative estimate of drug-likeness (QED) is 0.0372. The third kappa shape index (κ3) is 14.9. The average molecular weight is 809 g/mol. The van der Waals surface area contributed by atoms with Crippen LogP contribution in [0.3, 0.4) is 0 Å². The lowest BCUT2D eigenvalue weighted by molar-refractivity contribution is -0.0585. The van der Waals surface area contributed by atoms with Crippen molar-refractivity contribution < 1.29 is 42.2 Å². The lowest BCUT2D eigenvalue weighted by Crippen LogP contribution is -2.40. The minimum absolute atomic E-state index is 0.0662. The second-order valence-electron chi connectivity index (χ2n) is 15.0. The van der Waals surface area contributed by atoms with Gasteiger partial charge in [0.2, 0.25) is 5.95 Å². The van der Waals surface area contributed by atoms with E-state index in [-0.39, 0.29) is 18.2 Å². The van der Waals surface area contributed by atoms with Crippen LogP contribution in [0, 0.1) is 0 Å². The van der Waals surface area contributed by atoms with Crippen LogP contribution in [-0.4, -0.2) is 87.0 Å². The molecule has 56 heavy (non-hydrogen) atoms. The minimum atomic E-state index is -4.64. The van der Waals surface area contributed by atoms with E-state index in [0.29, 0.717) is 24.4 Å². The molecular weight excluding hydrogens is 742 g/mol. The summed E-state index contributed by atoms with van der Waals surface area (Å²) in [5.41, 5.74) is 4.98. The largest absolute Gasteiger partial charge is 0.472 e. The van der Waals surface area contributed by atoms with Gasteiger partial charge in [0.25, 0.3) is 0 Å². The van der Waals surface area contributed by atoms with Crippen molar-refractivity contribution in [1.82, 2.24) is 19.5 Å². The van der Waals surface area contributed by atoms with Gasteiger partial charge in [-0.2, -0.15) is 9.97 Å². The number of aliphatic hydroxyl groups excluding tert-OH is 1. The topological polar surface area (TPSA) is 185 Å². The smallest absolute Gasteiger partial charge is 0.387 e. The predicted octanol–water partition coefficient (Wildman–Crippen LogP) is 8.43. The van der Waals surface area contributed by atoms with Gasteiger partial charge in [0.1, 0.15) is 12.2 Å². The maximum absolute atomic E-state index is 16.0. The van der Waals surface area contributed by atoms with Crippen LogP contribution in [0.5, 0.6) is 0 Å². The molecule has 5 N–H and O–H groups in total. The van der Waals surface area contributed by atoms with Crippen molar-refractivity contribution in [2.75, 3.05) is 44.5 Å². The van der Waals surface area contributed by atoms with E-state index in [1.165, 1.54) is 75.1 Å². The molecule has 1 saturated heterocycles. The summed E-state index contributed by atoms with van der Waals surface area (Å²) in [7, 11) is -3.01. The number of phosphoric ester groups is 1. The van der Waals surface area contributed by atoms with Crippen LogP contribution >= 0.6 is 7.82 Å². The molecule has 4 rings (SSSR count). The van der Waals surface area contributed by atoms with Gasteiger partial charge in [0.15, 0.2) is 28.9 Å². The van der Waals surface area contributed by atoms with Crippen molar-refractivity contribution in [2.45, 2.75) is 153 Å². The number of anilines is 2. The molecule has 14 nitrogen and oxygen atoms in total. The zero-order valence-electron chi connectivity index (χ0n) is 33.7. The van der Waals surface area contributed by atoms with E-state index in [2.05, 4.69) is 27.2 Å². The number of aliphatic hydroxyl groups is 1. The van der Waals surface area contributed by atoms with Gasteiger partial charge in [-0.15, -0.1) is 0 Å². The number of unbranched alkanes of at least 4 members (excludes halogenated alkanes) is 13. The van der Waals surface area contributed by atoms with E-state index in [0.717, 1.165) is 57.8 Å². The zero-order valence-corrected chi connectivity index (χ0v) is 34.6. The molecule has 0 amide bonds. The maximum atomic E-state index is 16.0. The molecule has 6 atom stereocenters. The van der Waals surface area contributed by atoms with Gasteiger partial charge in [0.05, 0.1) is 32.3 Å². The van der Waals surface area contributed by atoms with E-state index < -0.39 is 44.6 Å². The van der Waals surface area contributed by atoms with Gasteiger partial charge in [-0.1, -0.05) is 121 Å². The van der Waals surface area contributed by atoms with Crippen LogP contribution in [0.2, 0.25) is 0 Å². The summed E-state index contributed by atoms with van der Waals surface area (Å²) < 4.78 is 58.7. The highest BCUT2D eigenvalue weighted by Gasteiger charge is 2.56. The molecule has 2 aromatic heterocycles. The molecule has 1 aromatic carbocycles. The predicted molar refractivity (Wildman–Crippen MR) is 216 cm³/mol. The van der Waals surface area contributed by atoms with Crippen molar-refractivity contribution in [1.29, 1.82) is 0 Å². The molecular formula is C40H66FN6O8P. The molecule has 1 fully saturated rings. The number of rotatable bonds is 30. The first-order valence-corrected chi connectivity index (χ1v) is 22.1. The van der Waals surface area contributed by atoms with E-state index in [4.69, 9.17) is 29.0 Å². The fourth-order valence-corrected chi connectivity index (χ4v) is 7.68. The first kappa shape index (κ1) is 45.9. The van der Waals surface area contributed by atoms with E-state index in [1.54, 1.807) is 7.05 Å². The molecule has 0 radical (unpaired) electrons. The molecule has 0 spiro atoms. The number of ether oxygens (including phenoxy) is 3. The number of hydrogen-bond donors (Lipinski definition) is 4. The van der Waals surface area contributed by atoms with Crippen LogP contribution in [0.15, 0.2) is 36.7 Å². The Morgan fingerprint density at radius 2 is 1.59 bits per heavy atom. The van der Waals surface area contributed by atoms with Crippen LogP contribution in [-0.2, 0) is 34.4 Å². The first-order chi connectivity index (χ1) is 27.1. The van der Waals surface area contributed by atoms with Crippen LogP contribution < -0.4 is 11.1 Å². The Labute approximate surface area is 332 Å². The van der Waals surface area contributed by atoms with Crippen molar-refractivity contribution in [3.63, 3.8) is 0 Å². The number of hydrogen-bond acceptors (Lipinski definition) is 12. The molecule has 2 unspecified atom stereocenters. The Kier molecular flexibility index (Phi) is 19.9. The van der Waals surface area contributed by atoms with Gasteiger partial charge in [-0.05, 0) is 31.7 Å². The number of nitrogens with zero attached hydrogens (tertiary/aromatic N) is 4. The van der Waals surface area contributed by atoms with Gasteiger partial charge in [-0.25, -0.2) is 13.9 Å². The number of nitrogen functional groups attached to an aromatic ring is 1. The molecule has 0 bridgehead atoms. The van der Waals surface area contributed by atoms with Gasteiger partial charge in [0, 0.05) is 20.3 Å². The lowest BCUT2D eigenvalue weighted by Gasteiger charge is -2.24. The molecule has 316 valence electrons. The number of phosphoric acid groups is 1. The van der Waals surface area contributed by atoms with Gasteiger partial charge in [-0.3, -0.25) is 13.6 Å². The number of nitrogens with one attached hydrogen (secondary N) is 1. The minimum Gasteiger partial charge on any atom is -0.387 e. The summed E-state index contributed by atoms with van der Waals surface area (Å²) >= 11 is 0. The van der Waals surface area contributed by atoms with Gasteiger partial charge >= 0.3 is 7.82 Å². The van der Waals surface area contributed by atoms with Crippen LogP contribution in [0.25, 0.3) is 11.2 Å². The summed E-state index contributed by atoms with van der Waals surface area (Å²) in [5, 5.41) is 13.7. The average Bonchev–Trinajstić information content (AvgIpc) is 3.70. The molecule has 3 heterocycles. The molecule has 0 aliphatic carbocycles. The monoisotopic (exact) mass is 808 g/mol. The lowest BCUT2D eigenvalue weighted by atomic mass is 9.98. The van der Waals surface area contributed by atoms with Crippen molar-refractivity contribution >= 4 is 30.8 Å². The molecule has 0 saturated carbocycles. The van der Waals surface area contributed by atoms with Crippen molar-refractivity contribution in [3.8, 4) is 0 Å². The van der Waals surface area contributed by atoms with Crippen molar-refractivity contribution in [2.24, 2.45) is 0 Å². The Morgan fingerprint density at radius 1 is 0.964 bits per heavy atom. The first-order valence-electron chi connectivity index (χ1n) is 20.6. The van der Waals surface area contributed by atoms with E-state index in [9.17, 15) is 14.6 Å². The van der Waals surface area contributed by atoms with Gasteiger partial charge < -0.3 is 35.3 Å². The third-order valence-electron chi connectivity index (χ3n) is 10.3. The Bertz CT molecular complexity index is 1590. The third-order valence-corrected chi connectivity index (χ3v) is 11.2. The second kappa shape index (κ2) is 24.2. The maximum Gasteiger partial charge on any atom is 0.472 e. The molecule has 16 heteroatoms. The number of benzene rings is 1. The number of halogens is 1. The normalized spacial score (nSPS) is 21.4. The van der Waals surface area contributed by atoms with Crippen LogP contribution in [0.1, 0.15) is 128 Å². The van der Waals surface area contributed by atoms with E-state index in [1.807, 2.05) is 30.3 Å². The van der Waals surface area contributed by atoms with Crippen molar-refractivity contribution in [3.05, 3.63) is 42.2 Å². The summed E-state index contributed by atoms with van der Waals surface area (Å²) in [6.45, 7) is 4.68. The highest BCUT2D eigenvalue weighted by Crippen LogP contribution is 2.47. The SMILES string of the molecule is CCCCCCCCCOCCCCCCCCCC[C@@H](COP(=O)(O)OC[C@H]1O[C@@H](n2cnc3c(NC)nc(N)nc32)[C@](C)(F)C1O)OCc1ccccc1. The molecule has 1 aliphatic rings. The number of alkyl halides is 1. The summed E-state index contributed by atoms with van der Waals surface area (Å²) in [6.07, 6.45) is 15.1. The highest BCUT2D eigenvalue weighted by molar-refractivity contribution is 7.47. The van der Waals surface area contributed by atoms with E-state index >= 15 is 4.39 Å². The highest BCUT2D eigenvalue weighted by atomic mass is 31.2. The standard InChI is InChI=1S/C40H66FN6O8P/c1-4-5-6-7-11-14-20-25-51-26-21-15-12-9-8-10-13-19-24-32(52-27-31-22-17-16-18-23-31)28-53-56(49,50)54-29-33-35(48)40(2,41)38(55-33)47-30-44-34-36(43-3)45-39(42)46-37(34)47/h16-18,22-23,30,32-33,35,38,48H,4-15,19-21,24-29H2,1-3H3,(H,49,50)(H3,42,43,45,46)/t32-,33+,35?,38+,40+/m0/s1. The summed E-state index contributed by atoms with van der Waals surface area (Å²) in [6, 6.07) is 9.68. The number of aromatic nitrogens is 4. The summed E-state index contributed by atoms with van der Waals surface area (Å²) in [4.78, 5) is 23.1. The number of fused-ring (bicyclic) bond motifs is 1. The fourth-order valence-electron chi connectivity index (χ4n) is 6.92. The Balaban J connectivity index is 1.16. The number of imidazole rings is 1. The Hall–Kier alpha value is -2.75. The zero-order chi connectivity index (χ0) is 40.2. The summed E-state index contributed by atoms with van der Waals surface area (Å²) in [5.74, 6) is 0.273. The second-order valence-corrected chi connectivity index (χ2v) is 16.4. The fraction of sp³-hybridized carbons (Fsp3) is 0.725. The Morgan fingerprint density at radius 3 is 2.23 bits per heavy atom. The molecule has 1 aliphatic heterocycles. The van der Waals surface area contributed by atoms with Crippen LogP contribution in [0.4, 0.5) is 16.2 Å². The molecule has 3 aromatic rings.